The van der Waals surface area contributed by atoms with Crippen molar-refractivity contribution in [2.45, 2.75) is 83.2 Å². The fraction of sp³-hybridized carbons (Fsp3) is 0.255. The molecule has 0 radical (unpaired) electrons. The van der Waals surface area contributed by atoms with Gasteiger partial charge in [-0.25, -0.2) is 22.0 Å². The maximum absolute atomic E-state index is 14.8. The molecule has 3 nitrogen and oxygen atoms in total. The zero-order valence-electron chi connectivity index (χ0n) is 35.9. The third-order valence-electron chi connectivity index (χ3n) is 11.0. The average Bonchev–Trinajstić information content (AvgIpc) is 3.25. The van der Waals surface area contributed by atoms with Gasteiger partial charge in [0.05, 0.1) is 12.0 Å². The summed E-state index contributed by atoms with van der Waals surface area (Å²) >= 11 is 0. The highest BCUT2D eigenvalue weighted by Crippen LogP contribution is 2.47. The molecule has 17 heteroatoms. The number of aryl methyl sites for hydroxylation is 3. The fourth-order valence-electron chi connectivity index (χ4n) is 7.93. The first-order valence-corrected chi connectivity index (χ1v) is 21.0. The van der Waals surface area contributed by atoms with Crippen molar-refractivity contribution in [3.8, 4) is 23.0 Å². The fourth-order valence-corrected chi connectivity index (χ4v) is 7.93. The van der Waals surface area contributed by atoms with E-state index < -0.39 is 107 Å². The van der Waals surface area contributed by atoms with Gasteiger partial charge in [-0.3, -0.25) is 0 Å². The minimum atomic E-state index is -4.90. The first kappa shape index (κ1) is 50.9. The highest BCUT2D eigenvalue weighted by Gasteiger charge is 2.38. The first-order chi connectivity index (χ1) is 31.9. The maximum Gasteiger partial charge on any atom is 0.416 e. The highest BCUT2D eigenvalue weighted by molar-refractivity contribution is 5.85. The third kappa shape index (κ3) is 11.8. The van der Waals surface area contributed by atoms with Crippen LogP contribution in [0.3, 0.4) is 0 Å². The second-order valence-electron chi connectivity index (χ2n) is 15.9. The van der Waals surface area contributed by atoms with E-state index in [1.165, 1.54) is 36.4 Å². The predicted octanol–water partition coefficient (Wildman–Crippen LogP) is 14.2. The van der Waals surface area contributed by atoms with Crippen LogP contribution in [0.4, 0.5) is 61.5 Å². The van der Waals surface area contributed by atoms with Crippen molar-refractivity contribution in [3.05, 3.63) is 187 Å². The van der Waals surface area contributed by atoms with Crippen molar-refractivity contribution in [1.29, 1.82) is 0 Å². The Kier molecular flexibility index (Phi) is 15.2. The summed E-state index contributed by atoms with van der Waals surface area (Å²) in [5, 5.41) is 21.1. The van der Waals surface area contributed by atoms with Crippen LogP contribution < -0.4 is 15.2 Å². The van der Waals surface area contributed by atoms with Crippen molar-refractivity contribution in [1.82, 2.24) is 0 Å². The molecular weight excluding hydrogens is 927 g/mol. The number of phenols is 2. The summed E-state index contributed by atoms with van der Waals surface area (Å²) in [4.78, 5) is 0. The molecule has 1 atom stereocenters. The topological polar surface area (TPSA) is 49.7 Å². The van der Waals surface area contributed by atoms with E-state index in [1.807, 2.05) is 6.92 Å². The molecule has 6 aromatic carbocycles. The van der Waals surface area contributed by atoms with E-state index in [-0.39, 0.29) is 56.2 Å². The highest BCUT2D eigenvalue weighted by atomic mass is 19.4. The molecule has 0 amide bonds. The molecule has 0 aliphatic carbocycles. The average molecular weight is 967 g/mol. The molecule has 0 saturated heterocycles. The molecule has 2 N–H and O–H groups in total. The third-order valence-corrected chi connectivity index (χ3v) is 11.0. The molecule has 0 fully saturated rings. The van der Waals surface area contributed by atoms with Gasteiger partial charge < -0.3 is 14.9 Å². The Morgan fingerprint density at radius 2 is 1.07 bits per heavy atom. The van der Waals surface area contributed by atoms with E-state index in [1.54, 1.807) is 13.0 Å². The zero-order chi connectivity index (χ0) is 49.9. The van der Waals surface area contributed by atoms with Gasteiger partial charge in [0.25, 0.3) is 0 Å². The van der Waals surface area contributed by atoms with E-state index in [0.29, 0.717) is 37.0 Å². The van der Waals surface area contributed by atoms with Gasteiger partial charge in [0.2, 0.25) is 0 Å². The molecule has 0 aromatic heterocycles. The van der Waals surface area contributed by atoms with Crippen LogP contribution in [-0.4, -0.2) is 22.6 Å². The molecule has 0 saturated carbocycles. The number of hydrogen-bond donors (Lipinski definition) is 2. The van der Waals surface area contributed by atoms with Crippen LogP contribution >= 0.6 is 0 Å². The summed E-state index contributed by atoms with van der Waals surface area (Å²) < 4.78 is 197. The SMILES string of the molecule is CCCc1cc(O)c(C(c2cc(F)c(CCC(F)(F)F)cc2O)c2ccccc2C(F)(F)F)cc1F.CCCc1cc2c(cc1F)C(c1ccccc1F)=c1cc(F)/c(=C\CC(F)(F)F)cc1O2. The molecule has 1 heterocycles. The van der Waals surface area contributed by atoms with Gasteiger partial charge in [0.15, 0.2) is 0 Å². The van der Waals surface area contributed by atoms with Crippen molar-refractivity contribution in [3.63, 3.8) is 0 Å². The number of rotatable bonds is 11. The summed E-state index contributed by atoms with van der Waals surface area (Å²) in [5.41, 5.74) is -1.96. The Balaban J connectivity index is 0.000000225. The molecule has 0 bridgehead atoms. The lowest BCUT2D eigenvalue weighted by molar-refractivity contribution is -0.138. The number of aromatic hydroxyl groups is 2. The van der Waals surface area contributed by atoms with Gasteiger partial charge in [-0.05, 0) is 102 Å². The Hall–Kier alpha value is -6.52. The van der Waals surface area contributed by atoms with E-state index in [9.17, 15) is 71.7 Å². The van der Waals surface area contributed by atoms with Crippen LogP contribution in [0, 0.1) is 29.1 Å². The van der Waals surface area contributed by atoms with Crippen molar-refractivity contribution < 1.29 is 76.4 Å². The lowest BCUT2D eigenvalue weighted by atomic mass is 9.80. The zero-order valence-corrected chi connectivity index (χ0v) is 35.9. The van der Waals surface area contributed by atoms with Crippen LogP contribution in [0.1, 0.15) is 95.5 Å². The summed E-state index contributed by atoms with van der Waals surface area (Å²) in [6.45, 7) is 3.64. The lowest BCUT2D eigenvalue weighted by Crippen LogP contribution is -2.23. The minimum absolute atomic E-state index is 0.0691. The van der Waals surface area contributed by atoms with Crippen LogP contribution in [-0.2, 0) is 25.4 Å². The van der Waals surface area contributed by atoms with E-state index in [2.05, 4.69) is 0 Å². The molecule has 1 aliphatic rings. The molecular formula is C51H40F14O3. The van der Waals surface area contributed by atoms with Gasteiger partial charge in [-0.2, -0.15) is 39.5 Å². The van der Waals surface area contributed by atoms with Gasteiger partial charge in [-0.1, -0.05) is 69.2 Å². The van der Waals surface area contributed by atoms with E-state index >= 15 is 0 Å². The van der Waals surface area contributed by atoms with Crippen LogP contribution in [0.25, 0.3) is 11.6 Å². The second kappa shape index (κ2) is 20.4. The van der Waals surface area contributed by atoms with E-state index in [4.69, 9.17) is 4.74 Å². The summed E-state index contributed by atoms with van der Waals surface area (Å²) in [5.74, 6) is -6.81. The second-order valence-corrected chi connectivity index (χ2v) is 15.9. The lowest BCUT2D eigenvalue weighted by Gasteiger charge is -2.25. The van der Waals surface area contributed by atoms with Crippen molar-refractivity contribution in [2.24, 2.45) is 0 Å². The molecule has 360 valence electrons. The molecule has 7 rings (SSSR count). The quantitative estimate of drug-likeness (QED) is 0.100. The van der Waals surface area contributed by atoms with E-state index in [0.717, 1.165) is 48.5 Å². The van der Waals surface area contributed by atoms with Gasteiger partial charge in [0, 0.05) is 50.6 Å². The van der Waals surface area contributed by atoms with Gasteiger partial charge in [0.1, 0.15) is 52.1 Å². The Morgan fingerprint density at radius 3 is 1.63 bits per heavy atom. The molecule has 68 heavy (non-hydrogen) atoms. The summed E-state index contributed by atoms with van der Waals surface area (Å²) in [6.07, 6.45) is -14.9. The molecule has 1 unspecified atom stereocenters. The molecule has 1 aliphatic heterocycles. The van der Waals surface area contributed by atoms with Crippen LogP contribution in [0.15, 0.2) is 97.1 Å². The smallest absolute Gasteiger partial charge is 0.416 e. The Morgan fingerprint density at radius 1 is 0.529 bits per heavy atom. The molecule has 0 spiro atoms. The Bertz CT molecular complexity index is 2940. The monoisotopic (exact) mass is 966 g/mol. The number of halogens is 14. The number of fused-ring (bicyclic) bond motifs is 2. The predicted molar refractivity (Wildman–Crippen MR) is 226 cm³/mol. The van der Waals surface area contributed by atoms with Gasteiger partial charge in [-0.15, -0.1) is 0 Å². The number of hydrogen-bond acceptors (Lipinski definition) is 3. The minimum Gasteiger partial charge on any atom is -0.508 e. The van der Waals surface area contributed by atoms with Gasteiger partial charge >= 0.3 is 18.5 Å². The molecule has 6 aromatic rings. The first-order valence-electron chi connectivity index (χ1n) is 21.0. The van der Waals surface area contributed by atoms with Crippen LogP contribution in [0.2, 0.25) is 0 Å². The van der Waals surface area contributed by atoms with Crippen molar-refractivity contribution in [2.75, 3.05) is 0 Å². The standard InChI is InChI=1S/C26H22F8O2.C25H18F6O/c1-2-5-14-10-22(35)17(12-20(14)27)24(16-6-3-4-7-19(16)26(32,33)34)18-13-21(28)15(11-23(18)36)8-9-25(29,30)31;1-2-5-14-10-22-17(12-20(14)27)24(16-6-3-4-7-19(16)26)18-13-21(28)15(11-23(18)32-22)8-9-25(29,30)31/h3-4,6-7,10-13,24,35-36H,2,5,8-9H2,1H3;3-4,6-8,10-13H,2,5,9H2,1H3/b;15-8-. The maximum atomic E-state index is 14.8. The number of alkyl halides is 9. The number of phenolic OH excluding ortho intramolecular Hbond substituents is 2. The number of benzene rings is 6. The number of ether oxygens (including phenoxy) is 1. The summed E-state index contributed by atoms with van der Waals surface area (Å²) in [7, 11) is 0. The van der Waals surface area contributed by atoms with Crippen LogP contribution in [0.5, 0.6) is 23.0 Å². The summed E-state index contributed by atoms with van der Waals surface area (Å²) in [6, 6.07) is 18.0. The Labute approximate surface area is 380 Å². The normalized spacial score (nSPS) is 13.4. The van der Waals surface area contributed by atoms with Crippen molar-refractivity contribution >= 4 is 11.6 Å². The largest absolute Gasteiger partial charge is 0.508 e.